The van der Waals surface area contributed by atoms with E-state index in [0.717, 1.165) is 11.1 Å². The van der Waals surface area contributed by atoms with Crippen LogP contribution in [0.15, 0.2) is 48.5 Å². The lowest BCUT2D eigenvalue weighted by molar-refractivity contribution is -0.128. The van der Waals surface area contributed by atoms with Crippen LogP contribution in [0.3, 0.4) is 0 Å². The van der Waals surface area contributed by atoms with Gasteiger partial charge in [0.15, 0.2) is 0 Å². The molecule has 0 bridgehead atoms. The van der Waals surface area contributed by atoms with Crippen molar-refractivity contribution in [1.29, 1.82) is 0 Å². The molecule has 2 aromatic rings. The Morgan fingerprint density at radius 3 is 2.62 bits per heavy atom. The van der Waals surface area contributed by atoms with E-state index in [1.807, 2.05) is 30.3 Å². The number of nitrogens with zero attached hydrogens (tertiary/aromatic N) is 1. The fourth-order valence-electron chi connectivity index (χ4n) is 3.03. The van der Waals surface area contributed by atoms with Crippen LogP contribution in [-0.4, -0.2) is 34.3 Å². The Bertz CT molecular complexity index is 848. The zero-order valence-corrected chi connectivity index (χ0v) is 14.4. The Morgan fingerprint density at radius 2 is 1.92 bits per heavy atom. The number of carboxylic acid groups (broad SMARTS) is 1. The maximum atomic E-state index is 12.6. The van der Waals surface area contributed by atoms with Crippen molar-refractivity contribution in [3.05, 3.63) is 65.2 Å². The highest BCUT2D eigenvalue weighted by atomic mass is 16.4. The molecule has 1 atom stereocenters. The predicted molar refractivity (Wildman–Crippen MR) is 96.7 cm³/mol. The van der Waals surface area contributed by atoms with Gasteiger partial charge in [0.05, 0.1) is 11.5 Å². The second kappa shape index (κ2) is 7.39. The summed E-state index contributed by atoms with van der Waals surface area (Å²) in [6, 6.07) is 14.2. The van der Waals surface area contributed by atoms with Crippen molar-refractivity contribution in [2.75, 3.05) is 11.9 Å². The molecule has 3 rings (SSSR count). The summed E-state index contributed by atoms with van der Waals surface area (Å²) < 4.78 is 0. The van der Waals surface area contributed by atoms with Gasteiger partial charge in [0, 0.05) is 25.2 Å². The third kappa shape index (κ3) is 3.91. The van der Waals surface area contributed by atoms with Gasteiger partial charge in [-0.2, -0.15) is 0 Å². The molecule has 1 heterocycles. The summed E-state index contributed by atoms with van der Waals surface area (Å²) in [6.45, 7) is 2.64. The fourth-order valence-corrected chi connectivity index (χ4v) is 3.03. The third-order valence-electron chi connectivity index (χ3n) is 4.54. The first-order chi connectivity index (χ1) is 12.4. The maximum Gasteiger partial charge on any atom is 0.335 e. The summed E-state index contributed by atoms with van der Waals surface area (Å²) in [7, 11) is 0. The Balaban J connectivity index is 1.67. The van der Waals surface area contributed by atoms with E-state index in [0.29, 0.717) is 18.8 Å². The smallest absolute Gasteiger partial charge is 0.335 e. The van der Waals surface area contributed by atoms with Crippen molar-refractivity contribution in [2.45, 2.75) is 19.9 Å². The molecule has 6 heteroatoms. The summed E-state index contributed by atoms with van der Waals surface area (Å²) in [5.74, 6) is -1.81. The Labute approximate surface area is 151 Å². The molecule has 2 aromatic carbocycles. The van der Waals surface area contributed by atoms with Gasteiger partial charge in [-0.25, -0.2) is 4.79 Å². The number of amides is 2. The number of carbonyl (C=O) groups excluding carboxylic acids is 2. The minimum Gasteiger partial charge on any atom is -0.478 e. The molecule has 26 heavy (non-hydrogen) atoms. The Morgan fingerprint density at radius 1 is 1.19 bits per heavy atom. The number of nitrogens with one attached hydrogen (secondary N) is 1. The lowest BCUT2D eigenvalue weighted by Crippen LogP contribution is -2.28. The number of anilines is 1. The molecule has 2 N–H and O–H groups in total. The van der Waals surface area contributed by atoms with E-state index >= 15 is 0 Å². The van der Waals surface area contributed by atoms with E-state index in [2.05, 4.69) is 5.32 Å². The molecule has 6 nitrogen and oxygen atoms in total. The standard InChI is InChI=1S/C20H20N2O4/c1-13-7-8-15(20(25)26)9-17(13)21-19(24)16-10-18(23)22(12-16)11-14-5-3-2-4-6-14/h2-9,16H,10-12H2,1H3,(H,21,24)(H,25,26). The van der Waals surface area contributed by atoms with Crippen LogP contribution in [0.5, 0.6) is 0 Å². The predicted octanol–water partition coefficient (Wildman–Crippen LogP) is 2.68. The molecular weight excluding hydrogens is 332 g/mol. The van der Waals surface area contributed by atoms with Crippen LogP contribution in [-0.2, 0) is 16.1 Å². The number of aromatic carboxylic acids is 1. The van der Waals surface area contributed by atoms with E-state index < -0.39 is 11.9 Å². The molecule has 0 spiro atoms. The number of aryl methyl sites for hydroxylation is 1. The summed E-state index contributed by atoms with van der Waals surface area (Å²) >= 11 is 0. The zero-order chi connectivity index (χ0) is 18.7. The SMILES string of the molecule is Cc1ccc(C(=O)O)cc1NC(=O)C1CC(=O)N(Cc2ccccc2)C1. The van der Waals surface area contributed by atoms with Crippen LogP contribution < -0.4 is 5.32 Å². The molecule has 1 aliphatic rings. The summed E-state index contributed by atoms with van der Waals surface area (Å²) in [5.41, 5.74) is 2.36. The molecule has 1 saturated heterocycles. The largest absolute Gasteiger partial charge is 0.478 e. The van der Waals surface area contributed by atoms with Crippen molar-refractivity contribution in [2.24, 2.45) is 5.92 Å². The zero-order valence-electron chi connectivity index (χ0n) is 14.4. The molecular formula is C20H20N2O4. The van der Waals surface area contributed by atoms with Crippen molar-refractivity contribution >= 4 is 23.5 Å². The lowest BCUT2D eigenvalue weighted by Gasteiger charge is -2.17. The number of carboxylic acids is 1. The number of benzene rings is 2. The van der Waals surface area contributed by atoms with Gasteiger partial charge >= 0.3 is 5.97 Å². The van der Waals surface area contributed by atoms with Gasteiger partial charge in [-0.15, -0.1) is 0 Å². The number of hydrogen-bond acceptors (Lipinski definition) is 3. The molecule has 0 aromatic heterocycles. The summed E-state index contributed by atoms with van der Waals surface area (Å²) in [6.07, 6.45) is 0.163. The van der Waals surface area contributed by atoms with Crippen LogP contribution >= 0.6 is 0 Å². The van der Waals surface area contributed by atoms with Crippen LogP contribution in [0.1, 0.15) is 27.9 Å². The summed E-state index contributed by atoms with van der Waals surface area (Å²) in [4.78, 5) is 37.6. The van der Waals surface area contributed by atoms with Gasteiger partial charge in [-0.3, -0.25) is 9.59 Å². The Hall–Kier alpha value is -3.15. The maximum absolute atomic E-state index is 12.6. The van der Waals surface area contributed by atoms with Gasteiger partial charge in [0.2, 0.25) is 11.8 Å². The van der Waals surface area contributed by atoms with Crippen molar-refractivity contribution in [3.63, 3.8) is 0 Å². The van der Waals surface area contributed by atoms with Gasteiger partial charge in [0.25, 0.3) is 0 Å². The quantitative estimate of drug-likeness (QED) is 0.866. The monoisotopic (exact) mass is 352 g/mol. The fraction of sp³-hybridized carbons (Fsp3) is 0.250. The second-order valence-electron chi connectivity index (χ2n) is 6.49. The van der Waals surface area contributed by atoms with Crippen LogP contribution in [0.25, 0.3) is 0 Å². The molecule has 1 unspecified atom stereocenters. The molecule has 1 aliphatic heterocycles. The van der Waals surface area contributed by atoms with Gasteiger partial charge in [-0.1, -0.05) is 36.4 Å². The topological polar surface area (TPSA) is 86.7 Å². The highest BCUT2D eigenvalue weighted by Gasteiger charge is 2.34. The minimum absolute atomic E-state index is 0.0509. The number of rotatable bonds is 5. The van der Waals surface area contributed by atoms with Gasteiger partial charge < -0.3 is 15.3 Å². The van der Waals surface area contributed by atoms with Crippen molar-refractivity contribution in [1.82, 2.24) is 4.90 Å². The van der Waals surface area contributed by atoms with Gasteiger partial charge in [-0.05, 0) is 30.2 Å². The average Bonchev–Trinajstić information content (AvgIpc) is 2.98. The first-order valence-corrected chi connectivity index (χ1v) is 8.40. The normalized spacial score (nSPS) is 16.6. The van der Waals surface area contributed by atoms with Crippen molar-refractivity contribution in [3.8, 4) is 0 Å². The third-order valence-corrected chi connectivity index (χ3v) is 4.54. The first kappa shape index (κ1) is 17.7. The van der Waals surface area contributed by atoms with Gasteiger partial charge in [0.1, 0.15) is 0 Å². The number of carbonyl (C=O) groups is 3. The van der Waals surface area contributed by atoms with E-state index in [9.17, 15) is 14.4 Å². The summed E-state index contributed by atoms with van der Waals surface area (Å²) in [5, 5.41) is 11.9. The lowest BCUT2D eigenvalue weighted by atomic mass is 10.1. The Kier molecular flexibility index (Phi) is 5.02. The molecule has 134 valence electrons. The van der Waals surface area contributed by atoms with Crippen molar-refractivity contribution < 1.29 is 19.5 Å². The van der Waals surface area contributed by atoms with E-state index in [1.165, 1.54) is 12.1 Å². The molecule has 2 amide bonds. The second-order valence-corrected chi connectivity index (χ2v) is 6.49. The van der Waals surface area contributed by atoms with Crippen LogP contribution in [0, 0.1) is 12.8 Å². The van der Waals surface area contributed by atoms with E-state index in [1.54, 1.807) is 17.9 Å². The molecule has 1 fully saturated rings. The first-order valence-electron chi connectivity index (χ1n) is 8.40. The van der Waals surface area contributed by atoms with E-state index in [-0.39, 0.29) is 23.8 Å². The van der Waals surface area contributed by atoms with E-state index in [4.69, 9.17) is 5.11 Å². The minimum atomic E-state index is -1.05. The highest BCUT2D eigenvalue weighted by Crippen LogP contribution is 2.23. The van der Waals surface area contributed by atoms with Crippen LogP contribution in [0.4, 0.5) is 5.69 Å². The highest BCUT2D eigenvalue weighted by molar-refractivity contribution is 5.99. The molecule has 0 saturated carbocycles. The molecule has 0 radical (unpaired) electrons. The number of hydrogen-bond donors (Lipinski definition) is 2. The average molecular weight is 352 g/mol. The molecule has 0 aliphatic carbocycles. The number of likely N-dealkylation sites (tertiary alicyclic amines) is 1. The van der Waals surface area contributed by atoms with Crippen LogP contribution in [0.2, 0.25) is 0 Å².